The number of carbonyl (C=O) groups excluding carboxylic acids is 1. The van der Waals surface area contributed by atoms with Crippen LogP contribution in [0.25, 0.3) is 6.08 Å². The fourth-order valence-electron chi connectivity index (χ4n) is 11.7. The Bertz CT molecular complexity index is 1390. The lowest BCUT2D eigenvalue weighted by molar-refractivity contribution is -0.211. The van der Waals surface area contributed by atoms with Crippen LogP contribution in [0.3, 0.4) is 0 Å². The van der Waals surface area contributed by atoms with Gasteiger partial charge in [-0.2, -0.15) is 0 Å². The van der Waals surface area contributed by atoms with Gasteiger partial charge in [-0.3, -0.25) is 4.79 Å². The van der Waals surface area contributed by atoms with E-state index in [4.69, 9.17) is 4.74 Å². The smallest absolute Gasteiger partial charge is 0.331 e. The Morgan fingerprint density at radius 3 is 2.23 bits per heavy atom. The number of phenols is 1. The summed E-state index contributed by atoms with van der Waals surface area (Å²) >= 11 is 0. The number of carboxylic acid groups (broad SMARTS) is 1. The summed E-state index contributed by atoms with van der Waals surface area (Å²) in [5, 5.41) is 19.7. The number of rotatable bonds is 4. The highest BCUT2D eigenvalue weighted by atomic mass is 16.5. The second-order valence-corrected chi connectivity index (χ2v) is 17.3. The van der Waals surface area contributed by atoms with Gasteiger partial charge in [0.2, 0.25) is 0 Å². The van der Waals surface area contributed by atoms with E-state index in [0.717, 1.165) is 56.9 Å². The molecule has 2 N–H and O–H groups in total. The van der Waals surface area contributed by atoms with Gasteiger partial charge in [0, 0.05) is 11.5 Å². The van der Waals surface area contributed by atoms with E-state index >= 15 is 0 Å². The Kier molecular flexibility index (Phi) is 7.30. The Hall–Kier alpha value is -2.56. The summed E-state index contributed by atoms with van der Waals surface area (Å²) in [7, 11) is 0. The van der Waals surface area contributed by atoms with Gasteiger partial charge in [-0.25, -0.2) is 4.79 Å². The number of esters is 1. The molecule has 0 amide bonds. The van der Waals surface area contributed by atoms with Crippen LogP contribution in [-0.4, -0.2) is 28.3 Å². The van der Waals surface area contributed by atoms with Crippen LogP contribution in [0.4, 0.5) is 0 Å². The van der Waals surface area contributed by atoms with Crippen molar-refractivity contribution < 1.29 is 24.5 Å². The van der Waals surface area contributed by atoms with Crippen LogP contribution in [0, 0.1) is 50.2 Å². The van der Waals surface area contributed by atoms with E-state index in [0.29, 0.717) is 17.8 Å². The standard InChI is InChI=1S/C39H54O5/c1-34(2)29-16-19-39(7)30(37(29,5)18-17-31(34)44-32(41)15-10-25-8-11-26(40)12-9-25)14-13-27-28-24-36(4,33(42)43)21-20-35(28,3)22-23-38(27,39)6/h8-13,15,28-31,40H,14,16-24H2,1-7H3,(H,42,43)/t28-,29?,30-,31-,35-,36?,37+,38-,39-/m1/s1. The second kappa shape index (κ2) is 10.2. The molecule has 0 aliphatic heterocycles. The summed E-state index contributed by atoms with van der Waals surface area (Å²) in [6.45, 7) is 16.7. The third-order valence-corrected chi connectivity index (χ3v) is 14.9. The number of ether oxygens (including phenoxy) is 1. The van der Waals surface area contributed by atoms with Crippen molar-refractivity contribution in [3.05, 3.63) is 47.6 Å². The minimum Gasteiger partial charge on any atom is -0.508 e. The van der Waals surface area contributed by atoms with Gasteiger partial charge in [-0.15, -0.1) is 0 Å². The average molecular weight is 603 g/mol. The average Bonchev–Trinajstić information content (AvgIpc) is 2.95. The number of fused-ring (bicyclic) bond motifs is 7. The first kappa shape index (κ1) is 31.4. The van der Waals surface area contributed by atoms with Gasteiger partial charge in [0.1, 0.15) is 11.9 Å². The molecule has 0 aromatic heterocycles. The molecule has 0 bridgehead atoms. The largest absolute Gasteiger partial charge is 0.508 e. The van der Waals surface area contributed by atoms with Gasteiger partial charge < -0.3 is 14.9 Å². The van der Waals surface area contributed by atoms with Gasteiger partial charge in [0.05, 0.1) is 5.41 Å². The summed E-state index contributed by atoms with van der Waals surface area (Å²) < 4.78 is 6.19. The van der Waals surface area contributed by atoms with Crippen molar-refractivity contribution in [2.45, 2.75) is 119 Å². The molecule has 9 atom stereocenters. The topological polar surface area (TPSA) is 83.8 Å². The van der Waals surface area contributed by atoms with E-state index in [1.54, 1.807) is 35.9 Å². The highest BCUT2D eigenvalue weighted by Gasteiger charge is 2.68. The normalized spacial score (nSPS) is 44.4. The number of hydrogen-bond donors (Lipinski definition) is 2. The lowest BCUT2D eigenvalue weighted by Gasteiger charge is -2.71. The molecule has 240 valence electrons. The first-order valence-corrected chi connectivity index (χ1v) is 17.1. The molecule has 4 fully saturated rings. The molecule has 0 saturated heterocycles. The quantitative estimate of drug-likeness (QED) is 0.204. The van der Waals surface area contributed by atoms with Crippen LogP contribution >= 0.6 is 0 Å². The predicted octanol–water partition coefficient (Wildman–Crippen LogP) is 9.20. The summed E-state index contributed by atoms with van der Waals surface area (Å²) in [6, 6.07) is 6.80. The van der Waals surface area contributed by atoms with E-state index < -0.39 is 11.4 Å². The molecule has 0 radical (unpaired) electrons. The van der Waals surface area contributed by atoms with Crippen LogP contribution in [0.1, 0.15) is 118 Å². The summed E-state index contributed by atoms with van der Waals surface area (Å²) in [6.07, 6.45) is 16.0. The molecule has 44 heavy (non-hydrogen) atoms. The first-order valence-electron chi connectivity index (χ1n) is 17.1. The third-order valence-electron chi connectivity index (χ3n) is 14.9. The molecule has 0 heterocycles. The predicted molar refractivity (Wildman–Crippen MR) is 174 cm³/mol. The Morgan fingerprint density at radius 1 is 0.864 bits per heavy atom. The monoisotopic (exact) mass is 602 g/mol. The molecule has 5 heteroatoms. The van der Waals surface area contributed by atoms with E-state index in [-0.39, 0.29) is 44.9 Å². The van der Waals surface area contributed by atoms with Crippen molar-refractivity contribution in [2.75, 3.05) is 0 Å². The van der Waals surface area contributed by atoms with Gasteiger partial charge in [-0.1, -0.05) is 65.3 Å². The second-order valence-electron chi connectivity index (χ2n) is 17.3. The Labute approximate surface area is 264 Å². The number of benzene rings is 1. The van der Waals surface area contributed by atoms with Crippen LogP contribution in [-0.2, 0) is 14.3 Å². The Balaban J connectivity index is 1.25. The maximum atomic E-state index is 13.0. The van der Waals surface area contributed by atoms with Gasteiger partial charge in [-0.05, 0) is 134 Å². The summed E-state index contributed by atoms with van der Waals surface area (Å²) in [4.78, 5) is 25.4. The zero-order chi connectivity index (χ0) is 31.9. The highest BCUT2D eigenvalue weighted by molar-refractivity contribution is 5.87. The molecule has 0 spiro atoms. The van der Waals surface area contributed by atoms with E-state index in [1.807, 2.05) is 6.92 Å². The molecule has 6 rings (SSSR count). The number of allylic oxidation sites excluding steroid dienone is 2. The molecule has 5 nitrogen and oxygen atoms in total. The molecule has 2 unspecified atom stereocenters. The minimum atomic E-state index is -0.635. The Morgan fingerprint density at radius 2 is 1.55 bits per heavy atom. The first-order chi connectivity index (χ1) is 20.5. The zero-order valence-corrected chi connectivity index (χ0v) is 28.0. The van der Waals surface area contributed by atoms with Crippen molar-refractivity contribution in [1.82, 2.24) is 0 Å². The number of hydrogen-bond acceptors (Lipinski definition) is 4. The van der Waals surface area contributed by atoms with E-state index in [2.05, 4.69) is 47.6 Å². The van der Waals surface area contributed by atoms with Gasteiger partial charge in [0.15, 0.2) is 0 Å². The number of carbonyl (C=O) groups is 2. The van der Waals surface area contributed by atoms with E-state index in [9.17, 15) is 19.8 Å². The fraction of sp³-hybridized carbons (Fsp3) is 0.692. The lowest BCUT2D eigenvalue weighted by atomic mass is 9.33. The summed E-state index contributed by atoms with van der Waals surface area (Å²) in [5.74, 6) is 0.626. The molecule has 5 aliphatic carbocycles. The van der Waals surface area contributed by atoms with Crippen LogP contribution in [0.5, 0.6) is 5.75 Å². The van der Waals surface area contributed by atoms with Crippen molar-refractivity contribution >= 4 is 18.0 Å². The minimum absolute atomic E-state index is 0.0807. The highest BCUT2D eigenvalue weighted by Crippen LogP contribution is 2.75. The molecule has 1 aromatic carbocycles. The van der Waals surface area contributed by atoms with Crippen LogP contribution < -0.4 is 0 Å². The maximum Gasteiger partial charge on any atom is 0.331 e. The van der Waals surface area contributed by atoms with Crippen molar-refractivity contribution in [3.8, 4) is 5.75 Å². The number of phenolic OH excluding ortho intramolecular Hbond substituents is 1. The molecule has 4 saturated carbocycles. The zero-order valence-electron chi connectivity index (χ0n) is 28.0. The van der Waals surface area contributed by atoms with Crippen molar-refractivity contribution in [1.29, 1.82) is 0 Å². The van der Waals surface area contributed by atoms with Gasteiger partial charge >= 0.3 is 11.9 Å². The van der Waals surface area contributed by atoms with Crippen LogP contribution in [0.15, 0.2) is 42.0 Å². The fourth-order valence-corrected chi connectivity index (χ4v) is 11.7. The van der Waals surface area contributed by atoms with Crippen LogP contribution in [0.2, 0.25) is 0 Å². The van der Waals surface area contributed by atoms with Crippen molar-refractivity contribution in [2.24, 2.45) is 50.2 Å². The SMILES string of the molecule is CC1(C(=O)O)CC[C@]2(C)CC[C@]3(C)C(=CC[C@@H]4[C@@]5(C)CC[C@@H](OC(=O)C=Cc6ccc(O)cc6)C(C)(C)C5CC[C@]43C)[C@H]2C1. The number of aliphatic carboxylic acids is 1. The van der Waals surface area contributed by atoms with Gasteiger partial charge in [0.25, 0.3) is 0 Å². The number of aromatic hydroxyl groups is 1. The molecular formula is C39H54O5. The maximum absolute atomic E-state index is 13.0. The van der Waals surface area contributed by atoms with Crippen molar-refractivity contribution in [3.63, 3.8) is 0 Å². The lowest BCUT2D eigenvalue weighted by Crippen LogP contribution is -2.64. The third kappa shape index (κ3) is 4.53. The molecular weight excluding hydrogens is 548 g/mol. The summed E-state index contributed by atoms with van der Waals surface area (Å²) in [5.41, 5.74) is 2.25. The molecule has 5 aliphatic rings. The number of carboxylic acids is 1. The molecule has 1 aromatic rings. The van der Waals surface area contributed by atoms with E-state index in [1.165, 1.54) is 18.9 Å².